The summed E-state index contributed by atoms with van der Waals surface area (Å²) in [5.41, 5.74) is 2.59. The zero-order valence-corrected chi connectivity index (χ0v) is 9.89. The van der Waals surface area contributed by atoms with Gasteiger partial charge in [-0.1, -0.05) is 56.2 Å². The minimum atomic E-state index is 0.260. The van der Waals surface area contributed by atoms with Gasteiger partial charge in [0, 0.05) is 5.92 Å². The van der Waals surface area contributed by atoms with Crippen LogP contribution in [0.5, 0.6) is 0 Å². The van der Waals surface area contributed by atoms with Gasteiger partial charge in [-0.05, 0) is 23.5 Å². The van der Waals surface area contributed by atoms with E-state index in [4.69, 9.17) is 0 Å². The highest BCUT2D eigenvalue weighted by Gasteiger charge is 2.24. The van der Waals surface area contributed by atoms with Gasteiger partial charge in [-0.25, -0.2) is 0 Å². The second-order valence-corrected chi connectivity index (χ2v) is 4.58. The predicted octanol–water partition coefficient (Wildman–Crippen LogP) is 3.60. The average molecular weight is 216 g/mol. The first-order valence-corrected chi connectivity index (χ1v) is 6.24. The summed E-state index contributed by atoms with van der Waals surface area (Å²) in [7, 11) is 0. The minimum Gasteiger partial charge on any atom is -0.396 e. The summed E-state index contributed by atoms with van der Waals surface area (Å²) in [6.07, 6.45) is 8.14. The van der Waals surface area contributed by atoms with Crippen LogP contribution in [0.3, 0.4) is 0 Å². The number of hydrogen-bond donors (Lipinski definition) is 1. The molecule has 1 aliphatic rings. The van der Waals surface area contributed by atoms with Crippen molar-refractivity contribution in [2.45, 2.75) is 32.1 Å². The monoisotopic (exact) mass is 216 g/mol. The van der Waals surface area contributed by atoms with Crippen molar-refractivity contribution >= 4 is 6.08 Å². The molecule has 0 saturated carbocycles. The lowest BCUT2D eigenvalue weighted by Gasteiger charge is -2.28. The Morgan fingerprint density at radius 1 is 1.25 bits per heavy atom. The van der Waals surface area contributed by atoms with E-state index in [1.165, 1.54) is 30.4 Å². The molecule has 0 bridgehead atoms. The third-order valence-corrected chi connectivity index (χ3v) is 3.52. The Kier molecular flexibility index (Phi) is 3.79. The Hall–Kier alpha value is -1.08. The van der Waals surface area contributed by atoms with E-state index in [9.17, 15) is 5.11 Å². The molecule has 1 aliphatic carbocycles. The molecule has 0 unspecified atom stereocenters. The van der Waals surface area contributed by atoms with Crippen molar-refractivity contribution < 1.29 is 5.11 Å². The lowest BCUT2D eigenvalue weighted by Crippen LogP contribution is -2.18. The summed E-state index contributed by atoms with van der Waals surface area (Å²) in [4.78, 5) is 0. The van der Waals surface area contributed by atoms with Crippen molar-refractivity contribution in [3.8, 4) is 0 Å². The van der Waals surface area contributed by atoms with Gasteiger partial charge in [0.2, 0.25) is 0 Å². The van der Waals surface area contributed by atoms with Crippen LogP contribution in [0.1, 0.15) is 43.2 Å². The number of benzene rings is 1. The van der Waals surface area contributed by atoms with Gasteiger partial charge in [0.15, 0.2) is 0 Å². The lowest BCUT2D eigenvalue weighted by molar-refractivity contribution is 0.234. The van der Waals surface area contributed by atoms with Crippen LogP contribution < -0.4 is 0 Å². The van der Waals surface area contributed by atoms with Gasteiger partial charge in [-0.3, -0.25) is 0 Å². The largest absolute Gasteiger partial charge is 0.396 e. The number of hydrogen-bond acceptors (Lipinski definition) is 1. The molecule has 1 aromatic carbocycles. The van der Waals surface area contributed by atoms with Crippen molar-refractivity contribution in [2.75, 3.05) is 6.61 Å². The Balaban J connectivity index is 2.22. The Morgan fingerprint density at radius 2 is 2.06 bits per heavy atom. The van der Waals surface area contributed by atoms with Crippen LogP contribution in [0.15, 0.2) is 30.3 Å². The van der Waals surface area contributed by atoms with Gasteiger partial charge in [0.25, 0.3) is 0 Å². The fraction of sp³-hybridized carbons (Fsp3) is 0.467. The number of aliphatic hydroxyl groups excluding tert-OH is 1. The average Bonchev–Trinajstić information content (AvgIpc) is 2.35. The summed E-state index contributed by atoms with van der Waals surface area (Å²) >= 11 is 0. The third-order valence-electron chi connectivity index (χ3n) is 3.52. The molecule has 1 nitrogen and oxygen atoms in total. The standard InChI is InChI=1S/C15H20O/c1-2-3-6-13-10-9-12-7-4-5-8-14(12)15(13)11-16/h4-5,7-10,13,15-16H,2-3,6,11H2,1H3/t13-,15-/m1/s1. The molecule has 0 spiro atoms. The summed E-state index contributed by atoms with van der Waals surface area (Å²) in [5, 5.41) is 9.57. The fourth-order valence-corrected chi connectivity index (χ4v) is 2.56. The molecular weight excluding hydrogens is 196 g/mol. The number of rotatable bonds is 4. The van der Waals surface area contributed by atoms with E-state index in [1.54, 1.807) is 0 Å². The van der Waals surface area contributed by atoms with Gasteiger partial charge < -0.3 is 5.11 Å². The van der Waals surface area contributed by atoms with Crippen molar-refractivity contribution in [1.29, 1.82) is 0 Å². The molecule has 16 heavy (non-hydrogen) atoms. The molecule has 0 aliphatic heterocycles. The van der Waals surface area contributed by atoms with Crippen molar-refractivity contribution in [3.63, 3.8) is 0 Å². The molecule has 2 rings (SSSR count). The lowest BCUT2D eigenvalue weighted by atomic mass is 9.77. The topological polar surface area (TPSA) is 20.2 Å². The van der Waals surface area contributed by atoms with Crippen LogP contribution in [0.2, 0.25) is 0 Å². The molecule has 0 amide bonds. The summed E-state index contributed by atoms with van der Waals surface area (Å²) in [6, 6.07) is 8.41. The minimum absolute atomic E-state index is 0.260. The zero-order chi connectivity index (χ0) is 11.4. The fourth-order valence-electron chi connectivity index (χ4n) is 2.56. The number of allylic oxidation sites excluding steroid dienone is 1. The Labute approximate surface area is 97.8 Å². The smallest absolute Gasteiger partial charge is 0.0505 e. The van der Waals surface area contributed by atoms with Crippen LogP contribution >= 0.6 is 0 Å². The van der Waals surface area contributed by atoms with E-state index in [2.05, 4.69) is 43.3 Å². The van der Waals surface area contributed by atoms with Crippen LogP contribution in [-0.4, -0.2) is 11.7 Å². The number of unbranched alkanes of at least 4 members (excludes halogenated alkanes) is 1. The molecule has 0 aromatic heterocycles. The first-order chi connectivity index (χ1) is 7.86. The highest BCUT2D eigenvalue weighted by molar-refractivity contribution is 5.58. The SMILES string of the molecule is CCCC[C@@H]1C=Cc2ccccc2[C@@H]1CO. The molecule has 1 aromatic rings. The number of aliphatic hydroxyl groups is 1. The molecule has 0 radical (unpaired) electrons. The maximum atomic E-state index is 9.57. The van der Waals surface area contributed by atoms with Crippen LogP contribution in [0.25, 0.3) is 6.08 Å². The second kappa shape index (κ2) is 5.31. The Bertz CT molecular complexity index is 367. The van der Waals surface area contributed by atoms with Crippen LogP contribution in [0.4, 0.5) is 0 Å². The summed E-state index contributed by atoms with van der Waals surface area (Å²) in [5.74, 6) is 0.813. The quantitative estimate of drug-likeness (QED) is 0.815. The maximum absolute atomic E-state index is 9.57. The molecule has 0 heterocycles. The molecule has 86 valence electrons. The van der Waals surface area contributed by atoms with Crippen molar-refractivity contribution in [2.24, 2.45) is 5.92 Å². The van der Waals surface area contributed by atoms with E-state index >= 15 is 0 Å². The molecule has 0 saturated heterocycles. The summed E-state index contributed by atoms with van der Waals surface area (Å²) in [6.45, 7) is 2.48. The predicted molar refractivity (Wildman–Crippen MR) is 68.3 cm³/mol. The van der Waals surface area contributed by atoms with Gasteiger partial charge in [0.1, 0.15) is 0 Å². The van der Waals surface area contributed by atoms with E-state index in [0.29, 0.717) is 11.8 Å². The molecule has 2 atom stereocenters. The zero-order valence-electron chi connectivity index (χ0n) is 9.89. The molecule has 1 N–H and O–H groups in total. The highest BCUT2D eigenvalue weighted by Crippen LogP contribution is 2.36. The van der Waals surface area contributed by atoms with E-state index in [0.717, 1.165) is 0 Å². The first kappa shape index (κ1) is 11.4. The summed E-state index contributed by atoms with van der Waals surface area (Å²) < 4.78 is 0. The second-order valence-electron chi connectivity index (χ2n) is 4.58. The van der Waals surface area contributed by atoms with Crippen molar-refractivity contribution in [1.82, 2.24) is 0 Å². The first-order valence-electron chi connectivity index (χ1n) is 6.24. The third kappa shape index (κ3) is 2.19. The van der Waals surface area contributed by atoms with Gasteiger partial charge in [-0.15, -0.1) is 0 Å². The van der Waals surface area contributed by atoms with E-state index < -0.39 is 0 Å². The Morgan fingerprint density at radius 3 is 2.81 bits per heavy atom. The van der Waals surface area contributed by atoms with E-state index in [1.807, 2.05) is 0 Å². The number of fused-ring (bicyclic) bond motifs is 1. The molecular formula is C15H20O. The van der Waals surface area contributed by atoms with Gasteiger partial charge in [-0.2, -0.15) is 0 Å². The molecule has 0 fully saturated rings. The normalized spacial score (nSPS) is 23.1. The van der Waals surface area contributed by atoms with Gasteiger partial charge >= 0.3 is 0 Å². The van der Waals surface area contributed by atoms with Crippen LogP contribution in [-0.2, 0) is 0 Å². The molecule has 1 heteroatoms. The highest BCUT2D eigenvalue weighted by atomic mass is 16.3. The van der Waals surface area contributed by atoms with E-state index in [-0.39, 0.29) is 6.61 Å². The van der Waals surface area contributed by atoms with Crippen LogP contribution in [0, 0.1) is 5.92 Å². The van der Waals surface area contributed by atoms with Crippen molar-refractivity contribution in [3.05, 3.63) is 41.5 Å². The van der Waals surface area contributed by atoms with Gasteiger partial charge in [0.05, 0.1) is 6.61 Å². The maximum Gasteiger partial charge on any atom is 0.0505 e.